The molecular weight excluding hydrogens is 378 g/mol. The number of piperidine rings is 1. The Kier molecular flexibility index (Phi) is 5.29. The summed E-state index contributed by atoms with van der Waals surface area (Å²) < 4.78 is 1.95. The standard InChI is InChI=1S/C19H22ClN7O/c1-2-21-19(28)26-9-6-13(7-10-26)24-18-23-11-14(20)17(25-18)15-12-22-16-5-3-4-8-27(15)16/h3-5,8,11-13H,2,6-7,9-10H2,1H3,(H,21,28)(H,23,24,25). The molecule has 1 aliphatic heterocycles. The molecule has 9 heteroatoms. The molecule has 1 aliphatic rings. The van der Waals surface area contributed by atoms with Crippen LogP contribution >= 0.6 is 11.6 Å². The van der Waals surface area contributed by atoms with E-state index >= 15 is 0 Å². The molecule has 0 bridgehead atoms. The van der Waals surface area contributed by atoms with Gasteiger partial charge in [-0.3, -0.25) is 4.40 Å². The van der Waals surface area contributed by atoms with Gasteiger partial charge in [0.2, 0.25) is 5.95 Å². The van der Waals surface area contributed by atoms with Gasteiger partial charge in [-0.1, -0.05) is 17.7 Å². The molecule has 0 atom stereocenters. The molecule has 3 aromatic rings. The molecular formula is C19H22ClN7O. The second kappa shape index (κ2) is 8.02. The molecule has 0 aromatic carbocycles. The molecule has 4 rings (SSSR count). The van der Waals surface area contributed by atoms with Crippen molar-refractivity contribution in [2.75, 3.05) is 25.0 Å². The number of amides is 2. The maximum Gasteiger partial charge on any atom is 0.317 e. The fourth-order valence-electron chi connectivity index (χ4n) is 3.40. The number of nitrogens with zero attached hydrogens (tertiary/aromatic N) is 5. The van der Waals surface area contributed by atoms with E-state index in [4.69, 9.17) is 11.6 Å². The number of halogens is 1. The zero-order chi connectivity index (χ0) is 19.5. The summed E-state index contributed by atoms with van der Waals surface area (Å²) in [5.41, 5.74) is 2.29. The largest absolute Gasteiger partial charge is 0.351 e. The Labute approximate surface area is 168 Å². The molecule has 2 amide bonds. The van der Waals surface area contributed by atoms with Crippen LogP contribution in [-0.4, -0.2) is 56.0 Å². The van der Waals surface area contributed by atoms with E-state index in [1.165, 1.54) is 0 Å². The van der Waals surface area contributed by atoms with Crippen LogP contribution in [0.5, 0.6) is 0 Å². The second-order valence-corrected chi connectivity index (χ2v) is 7.11. The molecule has 28 heavy (non-hydrogen) atoms. The lowest BCUT2D eigenvalue weighted by atomic mass is 10.1. The van der Waals surface area contributed by atoms with E-state index < -0.39 is 0 Å². The maximum atomic E-state index is 11.9. The van der Waals surface area contributed by atoms with Crippen LogP contribution in [0.25, 0.3) is 17.0 Å². The number of anilines is 1. The fraction of sp³-hybridized carbons (Fsp3) is 0.368. The summed E-state index contributed by atoms with van der Waals surface area (Å²) in [6.45, 7) is 3.97. The summed E-state index contributed by atoms with van der Waals surface area (Å²) in [7, 11) is 0. The highest BCUT2D eigenvalue weighted by molar-refractivity contribution is 6.32. The first-order valence-corrected chi connectivity index (χ1v) is 9.78. The lowest BCUT2D eigenvalue weighted by molar-refractivity contribution is 0.184. The molecule has 8 nitrogen and oxygen atoms in total. The van der Waals surface area contributed by atoms with Gasteiger partial charge in [0.15, 0.2) is 0 Å². The average molecular weight is 400 g/mol. The lowest BCUT2D eigenvalue weighted by Gasteiger charge is -2.32. The van der Waals surface area contributed by atoms with Crippen LogP contribution in [-0.2, 0) is 0 Å². The van der Waals surface area contributed by atoms with E-state index in [1.54, 1.807) is 12.4 Å². The predicted molar refractivity (Wildman–Crippen MR) is 109 cm³/mol. The van der Waals surface area contributed by atoms with Crippen molar-refractivity contribution in [1.82, 2.24) is 29.6 Å². The number of pyridine rings is 1. The first kappa shape index (κ1) is 18.5. The van der Waals surface area contributed by atoms with Gasteiger partial charge < -0.3 is 15.5 Å². The lowest BCUT2D eigenvalue weighted by Crippen LogP contribution is -2.46. The van der Waals surface area contributed by atoms with E-state index in [9.17, 15) is 4.79 Å². The molecule has 146 valence electrons. The monoisotopic (exact) mass is 399 g/mol. The molecule has 0 saturated carbocycles. The highest BCUT2D eigenvalue weighted by Crippen LogP contribution is 2.27. The first-order chi connectivity index (χ1) is 13.7. The summed E-state index contributed by atoms with van der Waals surface area (Å²) >= 11 is 6.37. The smallest absolute Gasteiger partial charge is 0.317 e. The number of imidazole rings is 1. The van der Waals surface area contributed by atoms with E-state index in [2.05, 4.69) is 25.6 Å². The molecule has 1 saturated heterocycles. The normalized spacial score (nSPS) is 15.0. The Morgan fingerprint density at radius 3 is 2.86 bits per heavy atom. The molecule has 0 spiro atoms. The summed E-state index contributed by atoms with van der Waals surface area (Å²) in [4.78, 5) is 27.1. The SMILES string of the molecule is CCNC(=O)N1CCC(Nc2ncc(Cl)c(-c3cnc4ccccn34)n2)CC1. The van der Waals surface area contributed by atoms with Crippen molar-refractivity contribution in [2.24, 2.45) is 0 Å². The van der Waals surface area contributed by atoms with Crippen molar-refractivity contribution in [3.8, 4) is 11.4 Å². The first-order valence-electron chi connectivity index (χ1n) is 9.40. The van der Waals surface area contributed by atoms with E-state index in [0.29, 0.717) is 36.3 Å². The third kappa shape index (κ3) is 3.73. The molecule has 3 aromatic heterocycles. The van der Waals surface area contributed by atoms with Crippen LogP contribution in [0.2, 0.25) is 5.02 Å². The number of likely N-dealkylation sites (tertiary alicyclic amines) is 1. The van der Waals surface area contributed by atoms with Gasteiger partial charge in [-0.05, 0) is 31.9 Å². The van der Waals surface area contributed by atoms with Crippen molar-refractivity contribution in [3.63, 3.8) is 0 Å². The van der Waals surface area contributed by atoms with Crippen molar-refractivity contribution in [3.05, 3.63) is 41.8 Å². The summed E-state index contributed by atoms with van der Waals surface area (Å²) in [5.74, 6) is 0.529. The summed E-state index contributed by atoms with van der Waals surface area (Å²) in [6, 6.07) is 6.02. The number of aromatic nitrogens is 4. The van der Waals surface area contributed by atoms with Gasteiger partial charge in [0.05, 0.1) is 23.1 Å². The minimum absolute atomic E-state index is 0.00131. The molecule has 2 N–H and O–H groups in total. The number of rotatable bonds is 4. The predicted octanol–water partition coefficient (Wildman–Crippen LogP) is 3.05. The Balaban J connectivity index is 1.49. The number of hydrogen-bond donors (Lipinski definition) is 2. The zero-order valence-corrected chi connectivity index (χ0v) is 16.4. The van der Waals surface area contributed by atoms with Crippen LogP contribution in [0.4, 0.5) is 10.7 Å². The summed E-state index contributed by atoms with van der Waals surface area (Å²) in [6.07, 6.45) is 6.99. The van der Waals surface area contributed by atoms with Gasteiger partial charge in [-0.25, -0.2) is 19.7 Å². The molecule has 4 heterocycles. The van der Waals surface area contributed by atoms with Crippen LogP contribution < -0.4 is 10.6 Å². The molecule has 1 fully saturated rings. The van der Waals surface area contributed by atoms with Crippen molar-refractivity contribution >= 4 is 29.2 Å². The van der Waals surface area contributed by atoms with Gasteiger partial charge >= 0.3 is 6.03 Å². The fourth-order valence-corrected chi connectivity index (χ4v) is 3.58. The van der Waals surface area contributed by atoms with E-state index in [1.807, 2.05) is 40.6 Å². The Bertz CT molecular complexity index is 981. The Morgan fingerprint density at radius 2 is 2.07 bits per heavy atom. The number of hydrogen-bond acceptors (Lipinski definition) is 5. The van der Waals surface area contributed by atoms with Crippen LogP contribution in [0, 0.1) is 0 Å². The Hall–Kier alpha value is -2.87. The maximum absolute atomic E-state index is 11.9. The zero-order valence-electron chi connectivity index (χ0n) is 15.6. The van der Waals surface area contributed by atoms with Crippen LogP contribution in [0.1, 0.15) is 19.8 Å². The van der Waals surface area contributed by atoms with Crippen molar-refractivity contribution in [2.45, 2.75) is 25.8 Å². The van der Waals surface area contributed by atoms with E-state index in [0.717, 1.165) is 24.2 Å². The van der Waals surface area contributed by atoms with Gasteiger partial charge in [-0.15, -0.1) is 0 Å². The summed E-state index contributed by atoms with van der Waals surface area (Å²) in [5, 5.41) is 6.70. The number of nitrogens with one attached hydrogen (secondary N) is 2. The average Bonchev–Trinajstić information content (AvgIpc) is 3.14. The third-order valence-electron chi connectivity index (χ3n) is 4.85. The van der Waals surface area contributed by atoms with Gasteiger partial charge in [0.25, 0.3) is 0 Å². The molecule has 0 unspecified atom stereocenters. The van der Waals surface area contributed by atoms with Gasteiger partial charge in [0, 0.05) is 31.9 Å². The minimum Gasteiger partial charge on any atom is -0.351 e. The van der Waals surface area contributed by atoms with E-state index in [-0.39, 0.29) is 12.1 Å². The van der Waals surface area contributed by atoms with Crippen molar-refractivity contribution in [1.29, 1.82) is 0 Å². The quantitative estimate of drug-likeness (QED) is 0.704. The highest BCUT2D eigenvalue weighted by Gasteiger charge is 2.23. The molecule has 0 radical (unpaired) electrons. The second-order valence-electron chi connectivity index (χ2n) is 6.70. The topological polar surface area (TPSA) is 87.5 Å². The minimum atomic E-state index is -0.00131. The number of carbonyl (C=O) groups excluding carboxylic acids is 1. The highest BCUT2D eigenvalue weighted by atomic mass is 35.5. The van der Waals surface area contributed by atoms with Gasteiger partial charge in [0.1, 0.15) is 11.3 Å². The Morgan fingerprint density at radius 1 is 1.25 bits per heavy atom. The third-order valence-corrected chi connectivity index (χ3v) is 5.12. The van der Waals surface area contributed by atoms with Crippen molar-refractivity contribution < 1.29 is 4.79 Å². The number of urea groups is 1. The number of fused-ring (bicyclic) bond motifs is 1. The number of carbonyl (C=O) groups is 1. The molecule has 0 aliphatic carbocycles. The van der Waals surface area contributed by atoms with Crippen LogP contribution in [0.3, 0.4) is 0 Å². The van der Waals surface area contributed by atoms with Gasteiger partial charge in [-0.2, -0.15) is 0 Å². The van der Waals surface area contributed by atoms with Crippen LogP contribution in [0.15, 0.2) is 36.8 Å².